The number of benzene rings is 1. The van der Waals surface area contributed by atoms with Crippen molar-refractivity contribution in [1.82, 2.24) is 0 Å². The number of nitrogens with two attached hydrogens (primary N) is 1. The number of hydrogen-bond donors (Lipinski definition) is 1. The minimum Gasteiger partial charge on any atom is -0.319 e. The highest BCUT2D eigenvalue weighted by molar-refractivity contribution is 6.03. The van der Waals surface area contributed by atoms with Crippen molar-refractivity contribution in [3.05, 3.63) is 34.9 Å². The van der Waals surface area contributed by atoms with Gasteiger partial charge in [0.2, 0.25) is 0 Å². The molecule has 0 spiro atoms. The largest absolute Gasteiger partial charge is 0.319 e. The third kappa shape index (κ3) is 1.97. The molecule has 92 valence electrons. The van der Waals surface area contributed by atoms with Crippen molar-refractivity contribution in [2.24, 2.45) is 11.7 Å². The fourth-order valence-corrected chi connectivity index (χ4v) is 2.00. The Bertz CT molecular complexity index is 479. The fourth-order valence-electron chi connectivity index (χ4n) is 2.00. The number of aryl methyl sites for hydroxylation is 1. The second-order valence-corrected chi connectivity index (χ2v) is 4.94. The van der Waals surface area contributed by atoms with Gasteiger partial charge in [0, 0.05) is 0 Å². The molecule has 4 heteroatoms. The minimum atomic E-state index is -1.17. The first-order chi connectivity index (χ1) is 7.85. The quantitative estimate of drug-likeness (QED) is 0.824. The van der Waals surface area contributed by atoms with Gasteiger partial charge in [0.25, 0.3) is 0 Å². The molecule has 1 aliphatic rings. The van der Waals surface area contributed by atoms with Crippen LogP contribution < -0.4 is 5.73 Å². The van der Waals surface area contributed by atoms with Crippen molar-refractivity contribution < 1.29 is 13.6 Å². The van der Waals surface area contributed by atoms with Crippen LogP contribution in [0.1, 0.15) is 35.7 Å². The molecule has 1 fully saturated rings. The number of ketones is 1. The molecule has 0 heterocycles. The van der Waals surface area contributed by atoms with E-state index in [0.29, 0.717) is 0 Å². The van der Waals surface area contributed by atoms with Crippen LogP contribution in [0.2, 0.25) is 0 Å². The summed E-state index contributed by atoms with van der Waals surface area (Å²) in [6.07, 6.45) is 1.68. The second-order valence-electron chi connectivity index (χ2n) is 4.94. The summed E-state index contributed by atoms with van der Waals surface area (Å²) in [4.78, 5) is 12.1. The van der Waals surface area contributed by atoms with Crippen molar-refractivity contribution in [3.8, 4) is 0 Å². The lowest BCUT2D eigenvalue weighted by Gasteiger charge is -2.23. The van der Waals surface area contributed by atoms with Crippen molar-refractivity contribution in [1.29, 1.82) is 0 Å². The van der Waals surface area contributed by atoms with E-state index in [9.17, 15) is 13.6 Å². The van der Waals surface area contributed by atoms with Gasteiger partial charge in [-0.05, 0) is 44.2 Å². The van der Waals surface area contributed by atoms with Crippen molar-refractivity contribution in [3.63, 3.8) is 0 Å². The zero-order chi connectivity index (χ0) is 12.8. The Balaban J connectivity index is 2.47. The predicted octanol–water partition coefficient (Wildman–Crippen LogP) is 2.58. The van der Waals surface area contributed by atoms with E-state index in [0.717, 1.165) is 18.9 Å². The summed E-state index contributed by atoms with van der Waals surface area (Å²) in [5, 5.41) is 0. The monoisotopic (exact) mass is 239 g/mol. The summed E-state index contributed by atoms with van der Waals surface area (Å²) >= 11 is 0. The summed E-state index contributed by atoms with van der Waals surface area (Å²) in [6, 6.07) is 2.42. The van der Waals surface area contributed by atoms with E-state index in [1.807, 2.05) is 0 Å². The van der Waals surface area contributed by atoms with Crippen LogP contribution in [-0.4, -0.2) is 11.3 Å². The summed E-state index contributed by atoms with van der Waals surface area (Å²) < 4.78 is 27.4. The molecule has 1 aromatic rings. The van der Waals surface area contributed by atoms with Gasteiger partial charge in [0.1, 0.15) is 11.6 Å². The number of carbonyl (C=O) groups excluding carboxylic acids is 1. The van der Waals surface area contributed by atoms with Crippen LogP contribution in [0, 0.1) is 24.5 Å². The number of Topliss-reactive ketones (excluding diaryl/α,β-unsaturated/α-hetero) is 1. The van der Waals surface area contributed by atoms with Crippen molar-refractivity contribution >= 4 is 5.78 Å². The lowest BCUT2D eigenvalue weighted by atomic mass is 9.86. The second kappa shape index (κ2) is 3.88. The van der Waals surface area contributed by atoms with E-state index in [1.54, 1.807) is 6.92 Å². The number of rotatable bonds is 3. The number of carbonyl (C=O) groups is 1. The molecule has 0 aliphatic heterocycles. The first-order valence-electron chi connectivity index (χ1n) is 5.64. The van der Waals surface area contributed by atoms with Gasteiger partial charge >= 0.3 is 0 Å². The van der Waals surface area contributed by atoms with E-state index in [2.05, 4.69) is 0 Å². The van der Waals surface area contributed by atoms with Gasteiger partial charge < -0.3 is 5.73 Å². The lowest BCUT2D eigenvalue weighted by molar-refractivity contribution is 0.0874. The average molecular weight is 239 g/mol. The lowest BCUT2D eigenvalue weighted by Crippen LogP contribution is -2.47. The molecule has 2 rings (SSSR count). The third-order valence-electron chi connectivity index (χ3n) is 3.43. The van der Waals surface area contributed by atoms with Gasteiger partial charge in [-0.3, -0.25) is 4.79 Å². The summed E-state index contributed by atoms with van der Waals surface area (Å²) in [5.41, 5.74) is 4.48. The Morgan fingerprint density at radius 2 is 2.00 bits per heavy atom. The van der Waals surface area contributed by atoms with E-state index in [4.69, 9.17) is 5.73 Å². The van der Waals surface area contributed by atoms with Crippen LogP contribution in [0.15, 0.2) is 12.1 Å². The zero-order valence-corrected chi connectivity index (χ0v) is 9.89. The Morgan fingerprint density at radius 3 is 2.53 bits per heavy atom. The van der Waals surface area contributed by atoms with Crippen molar-refractivity contribution in [2.75, 3.05) is 0 Å². The van der Waals surface area contributed by atoms with Crippen LogP contribution in [0.4, 0.5) is 8.78 Å². The Labute approximate surface area is 98.8 Å². The number of hydrogen-bond acceptors (Lipinski definition) is 2. The standard InChI is InChI=1S/C13H15F2NO/c1-7-3-6-9(14)10(11(7)15)12(17)13(2,16)8-4-5-8/h3,6,8H,4-5,16H2,1-2H3. The van der Waals surface area contributed by atoms with Crippen LogP contribution >= 0.6 is 0 Å². The highest BCUT2D eigenvalue weighted by atomic mass is 19.1. The van der Waals surface area contributed by atoms with Gasteiger partial charge in [-0.2, -0.15) is 0 Å². The molecule has 1 saturated carbocycles. The molecule has 1 unspecified atom stereocenters. The molecule has 0 amide bonds. The van der Waals surface area contributed by atoms with Crippen LogP contribution in [-0.2, 0) is 0 Å². The van der Waals surface area contributed by atoms with E-state index in [-0.39, 0.29) is 11.5 Å². The van der Waals surface area contributed by atoms with Crippen LogP contribution in [0.25, 0.3) is 0 Å². The maximum absolute atomic E-state index is 13.8. The molecule has 1 aliphatic carbocycles. The summed E-state index contributed by atoms with van der Waals surface area (Å²) in [6.45, 7) is 3.05. The predicted molar refractivity (Wildman–Crippen MR) is 60.7 cm³/mol. The van der Waals surface area contributed by atoms with Gasteiger partial charge in [-0.1, -0.05) is 6.07 Å². The number of halogens is 2. The summed E-state index contributed by atoms with van der Waals surface area (Å²) in [5.74, 6) is -2.24. The maximum atomic E-state index is 13.8. The Hall–Kier alpha value is -1.29. The minimum absolute atomic E-state index is 0.0364. The molecule has 0 bridgehead atoms. The topological polar surface area (TPSA) is 43.1 Å². The SMILES string of the molecule is Cc1ccc(F)c(C(=O)C(C)(N)C2CC2)c1F. The summed E-state index contributed by atoms with van der Waals surface area (Å²) in [7, 11) is 0. The molecule has 17 heavy (non-hydrogen) atoms. The third-order valence-corrected chi connectivity index (χ3v) is 3.43. The van der Waals surface area contributed by atoms with Crippen molar-refractivity contribution in [2.45, 2.75) is 32.2 Å². The molecule has 1 atom stereocenters. The highest BCUT2D eigenvalue weighted by Crippen LogP contribution is 2.40. The molecule has 0 radical (unpaired) electrons. The van der Waals surface area contributed by atoms with Gasteiger partial charge in [-0.15, -0.1) is 0 Å². The molecular formula is C13H15F2NO. The molecular weight excluding hydrogens is 224 g/mol. The Morgan fingerprint density at radius 1 is 1.41 bits per heavy atom. The first-order valence-corrected chi connectivity index (χ1v) is 5.64. The smallest absolute Gasteiger partial charge is 0.188 e. The Kier molecular flexibility index (Phi) is 2.78. The van der Waals surface area contributed by atoms with Gasteiger partial charge in [-0.25, -0.2) is 8.78 Å². The molecule has 0 aromatic heterocycles. The van der Waals surface area contributed by atoms with E-state index in [1.165, 1.54) is 13.0 Å². The average Bonchev–Trinajstić information content (AvgIpc) is 3.07. The van der Waals surface area contributed by atoms with E-state index >= 15 is 0 Å². The van der Waals surface area contributed by atoms with Gasteiger partial charge in [0.05, 0.1) is 11.1 Å². The zero-order valence-electron chi connectivity index (χ0n) is 9.89. The molecule has 0 saturated heterocycles. The van der Waals surface area contributed by atoms with Crippen LogP contribution in [0.3, 0.4) is 0 Å². The molecule has 2 nitrogen and oxygen atoms in total. The van der Waals surface area contributed by atoms with E-state index < -0.39 is 28.5 Å². The fraction of sp³-hybridized carbons (Fsp3) is 0.462. The van der Waals surface area contributed by atoms with Crippen LogP contribution in [0.5, 0.6) is 0 Å². The normalized spacial score (nSPS) is 18.9. The molecule has 1 aromatic carbocycles. The molecule has 2 N–H and O–H groups in total. The first kappa shape index (κ1) is 12.2. The van der Waals surface area contributed by atoms with Gasteiger partial charge in [0.15, 0.2) is 5.78 Å². The maximum Gasteiger partial charge on any atom is 0.188 e. The highest BCUT2D eigenvalue weighted by Gasteiger charge is 2.45.